The standard InChI is InChI=1S/C18H28FN3O5S2/c1-28(23,24)21-10-6-17(14-21)22(16-7-12-27-13-8-16)11-9-20-29(25,26)18-4-2-15(19)3-5-18/h2-5,16-17,20H,6-14H2,1H3. The predicted molar refractivity (Wildman–Crippen MR) is 107 cm³/mol. The number of halogens is 1. The van der Waals surface area contributed by atoms with E-state index in [0.29, 0.717) is 32.8 Å². The van der Waals surface area contributed by atoms with E-state index in [1.807, 2.05) is 0 Å². The molecule has 2 fully saturated rings. The molecule has 1 N–H and O–H groups in total. The Labute approximate surface area is 172 Å². The minimum absolute atomic E-state index is 0.0145. The van der Waals surface area contributed by atoms with Crippen molar-refractivity contribution in [3.8, 4) is 0 Å². The average Bonchev–Trinajstić information content (AvgIpc) is 3.16. The van der Waals surface area contributed by atoms with E-state index < -0.39 is 25.9 Å². The molecule has 164 valence electrons. The van der Waals surface area contributed by atoms with E-state index in [1.165, 1.54) is 22.7 Å². The fourth-order valence-corrected chi connectivity index (χ4v) is 5.87. The van der Waals surface area contributed by atoms with Gasteiger partial charge in [-0.2, -0.15) is 0 Å². The molecule has 0 saturated carbocycles. The van der Waals surface area contributed by atoms with E-state index in [2.05, 4.69) is 9.62 Å². The lowest BCUT2D eigenvalue weighted by Crippen LogP contribution is -2.50. The van der Waals surface area contributed by atoms with Crippen molar-refractivity contribution in [2.24, 2.45) is 0 Å². The van der Waals surface area contributed by atoms with Crippen LogP contribution in [0, 0.1) is 5.82 Å². The van der Waals surface area contributed by atoms with Crippen LogP contribution in [-0.2, 0) is 24.8 Å². The molecule has 1 aromatic carbocycles. The van der Waals surface area contributed by atoms with Gasteiger partial charge in [-0.15, -0.1) is 0 Å². The molecule has 0 spiro atoms. The molecule has 0 aliphatic carbocycles. The zero-order valence-corrected chi connectivity index (χ0v) is 18.1. The number of nitrogens with one attached hydrogen (secondary N) is 1. The highest BCUT2D eigenvalue weighted by atomic mass is 32.2. The summed E-state index contributed by atoms with van der Waals surface area (Å²) >= 11 is 0. The highest BCUT2D eigenvalue weighted by Gasteiger charge is 2.35. The van der Waals surface area contributed by atoms with Crippen LogP contribution in [0.25, 0.3) is 0 Å². The van der Waals surface area contributed by atoms with Crippen LogP contribution in [0.4, 0.5) is 4.39 Å². The van der Waals surface area contributed by atoms with Crippen LogP contribution in [0.15, 0.2) is 29.2 Å². The van der Waals surface area contributed by atoms with Crippen molar-refractivity contribution < 1.29 is 26.0 Å². The molecule has 0 bridgehead atoms. The zero-order chi connectivity index (χ0) is 21.1. The minimum atomic E-state index is -3.74. The third-order valence-corrected chi connectivity index (χ3v) is 8.26. The number of hydrogen-bond acceptors (Lipinski definition) is 6. The number of nitrogens with zero attached hydrogens (tertiary/aromatic N) is 2. The SMILES string of the molecule is CS(=O)(=O)N1CCC(N(CCNS(=O)(=O)c2ccc(F)cc2)C2CCOCC2)C1. The Bertz CT molecular complexity index is 887. The number of benzene rings is 1. The maximum Gasteiger partial charge on any atom is 0.240 e. The Morgan fingerprint density at radius 1 is 1.10 bits per heavy atom. The molecule has 11 heteroatoms. The zero-order valence-electron chi connectivity index (χ0n) is 16.5. The van der Waals surface area contributed by atoms with Crippen molar-refractivity contribution in [2.45, 2.75) is 36.2 Å². The Kier molecular flexibility index (Phi) is 7.28. The van der Waals surface area contributed by atoms with Gasteiger partial charge in [-0.25, -0.2) is 30.3 Å². The van der Waals surface area contributed by atoms with Crippen LogP contribution in [-0.4, -0.2) is 83.8 Å². The molecule has 29 heavy (non-hydrogen) atoms. The van der Waals surface area contributed by atoms with Gasteiger partial charge in [0.05, 0.1) is 11.2 Å². The van der Waals surface area contributed by atoms with E-state index in [0.717, 1.165) is 31.4 Å². The maximum absolute atomic E-state index is 13.0. The molecule has 1 atom stereocenters. The molecule has 0 amide bonds. The second kappa shape index (κ2) is 9.36. The monoisotopic (exact) mass is 449 g/mol. The fraction of sp³-hybridized carbons (Fsp3) is 0.667. The second-order valence-electron chi connectivity index (χ2n) is 7.50. The van der Waals surface area contributed by atoms with Crippen LogP contribution >= 0.6 is 0 Å². The average molecular weight is 450 g/mol. The van der Waals surface area contributed by atoms with E-state index in [-0.39, 0.29) is 23.5 Å². The second-order valence-corrected chi connectivity index (χ2v) is 11.2. The third kappa shape index (κ3) is 5.96. The molecule has 0 radical (unpaired) electrons. The van der Waals surface area contributed by atoms with Gasteiger partial charge in [-0.3, -0.25) is 4.90 Å². The minimum Gasteiger partial charge on any atom is -0.381 e. The first kappa shape index (κ1) is 22.6. The van der Waals surface area contributed by atoms with Crippen molar-refractivity contribution in [3.05, 3.63) is 30.1 Å². The first-order chi connectivity index (χ1) is 13.7. The molecule has 0 aromatic heterocycles. The molecule has 8 nitrogen and oxygen atoms in total. The van der Waals surface area contributed by atoms with Crippen LogP contribution in [0.2, 0.25) is 0 Å². The van der Waals surface area contributed by atoms with Gasteiger partial charge in [0.25, 0.3) is 0 Å². The largest absolute Gasteiger partial charge is 0.381 e. The molecule has 2 saturated heterocycles. The normalized spacial score (nSPS) is 22.4. The van der Waals surface area contributed by atoms with Crippen molar-refractivity contribution in [2.75, 3.05) is 45.6 Å². The van der Waals surface area contributed by atoms with E-state index in [1.54, 1.807) is 0 Å². The molecule has 2 heterocycles. The van der Waals surface area contributed by atoms with Gasteiger partial charge in [0.1, 0.15) is 5.82 Å². The van der Waals surface area contributed by atoms with Gasteiger partial charge < -0.3 is 4.74 Å². The van der Waals surface area contributed by atoms with Gasteiger partial charge in [-0.05, 0) is 43.5 Å². The first-order valence-electron chi connectivity index (χ1n) is 9.71. The lowest BCUT2D eigenvalue weighted by Gasteiger charge is -2.38. The van der Waals surface area contributed by atoms with Gasteiger partial charge in [0.15, 0.2) is 0 Å². The third-order valence-electron chi connectivity index (χ3n) is 5.51. The topological polar surface area (TPSA) is 96.0 Å². The first-order valence-corrected chi connectivity index (χ1v) is 13.0. The smallest absolute Gasteiger partial charge is 0.240 e. The summed E-state index contributed by atoms with van der Waals surface area (Å²) in [6, 6.07) is 4.96. The maximum atomic E-state index is 13.0. The Morgan fingerprint density at radius 2 is 1.76 bits per heavy atom. The summed E-state index contributed by atoms with van der Waals surface area (Å²) in [5, 5.41) is 0. The van der Waals surface area contributed by atoms with Gasteiger partial charge >= 0.3 is 0 Å². The van der Waals surface area contributed by atoms with Gasteiger partial charge in [0, 0.05) is 51.5 Å². The summed E-state index contributed by atoms with van der Waals surface area (Å²) in [6.07, 6.45) is 3.60. The van der Waals surface area contributed by atoms with Crippen molar-refractivity contribution in [3.63, 3.8) is 0 Å². The van der Waals surface area contributed by atoms with Crippen molar-refractivity contribution >= 4 is 20.0 Å². The van der Waals surface area contributed by atoms with Gasteiger partial charge in [0.2, 0.25) is 20.0 Å². The summed E-state index contributed by atoms with van der Waals surface area (Å²) in [4.78, 5) is 2.24. The number of rotatable bonds is 8. The quantitative estimate of drug-likeness (QED) is 0.625. The Morgan fingerprint density at radius 3 is 2.34 bits per heavy atom. The lowest BCUT2D eigenvalue weighted by molar-refractivity contribution is 0.0200. The van der Waals surface area contributed by atoms with Crippen molar-refractivity contribution in [1.29, 1.82) is 0 Å². The summed E-state index contributed by atoms with van der Waals surface area (Å²) in [7, 11) is -6.98. The highest BCUT2D eigenvalue weighted by molar-refractivity contribution is 7.89. The van der Waals surface area contributed by atoms with E-state index >= 15 is 0 Å². The Balaban J connectivity index is 1.65. The summed E-state index contributed by atoms with van der Waals surface area (Å²) in [6.45, 7) is 2.83. The van der Waals surface area contributed by atoms with Crippen LogP contribution in [0.3, 0.4) is 0 Å². The Hall–Kier alpha value is -1.11. The molecule has 1 unspecified atom stereocenters. The molecule has 2 aliphatic rings. The fourth-order valence-electron chi connectivity index (χ4n) is 3.97. The summed E-state index contributed by atoms with van der Waals surface area (Å²) in [5.41, 5.74) is 0. The molecule has 2 aliphatic heterocycles. The van der Waals surface area contributed by atoms with E-state index in [9.17, 15) is 21.2 Å². The number of sulfonamides is 2. The van der Waals surface area contributed by atoms with Crippen LogP contribution in [0.1, 0.15) is 19.3 Å². The van der Waals surface area contributed by atoms with Crippen LogP contribution < -0.4 is 4.72 Å². The number of hydrogen-bond donors (Lipinski definition) is 1. The molecular weight excluding hydrogens is 421 g/mol. The molecular formula is C18H28FN3O5S2. The summed E-state index contributed by atoms with van der Waals surface area (Å²) in [5.74, 6) is -0.494. The van der Waals surface area contributed by atoms with Crippen molar-refractivity contribution in [1.82, 2.24) is 13.9 Å². The van der Waals surface area contributed by atoms with Crippen LogP contribution in [0.5, 0.6) is 0 Å². The van der Waals surface area contributed by atoms with E-state index in [4.69, 9.17) is 4.74 Å². The lowest BCUT2D eigenvalue weighted by atomic mass is 10.0. The summed E-state index contributed by atoms with van der Waals surface area (Å²) < 4.78 is 71.2. The molecule has 1 aromatic rings. The predicted octanol–water partition coefficient (Wildman–Crippen LogP) is 0.619. The van der Waals surface area contributed by atoms with Gasteiger partial charge in [-0.1, -0.05) is 0 Å². The number of ether oxygens (including phenoxy) is 1. The highest BCUT2D eigenvalue weighted by Crippen LogP contribution is 2.24. The molecule has 3 rings (SSSR count).